The van der Waals surface area contributed by atoms with Gasteiger partial charge in [-0.15, -0.1) is 0 Å². The number of hydrogen-bond acceptors (Lipinski definition) is 5. The van der Waals surface area contributed by atoms with Gasteiger partial charge in [0.2, 0.25) is 10.0 Å². The van der Waals surface area contributed by atoms with Crippen molar-refractivity contribution >= 4 is 15.8 Å². The Morgan fingerprint density at radius 2 is 2.16 bits per heavy atom. The van der Waals surface area contributed by atoms with Crippen LogP contribution in [0, 0.1) is 5.92 Å². The van der Waals surface area contributed by atoms with Gasteiger partial charge in [-0.2, -0.15) is 4.31 Å². The maximum atomic E-state index is 12.5. The van der Waals surface area contributed by atoms with E-state index in [-0.39, 0.29) is 16.6 Å². The zero-order chi connectivity index (χ0) is 14.5. The number of sulfonamides is 1. The van der Waals surface area contributed by atoms with Crippen LogP contribution in [0.15, 0.2) is 23.2 Å². The quantitative estimate of drug-likeness (QED) is 0.807. The Hall–Kier alpha value is -1.18. The maximum Gasteiger partial charge on any atom is 0.243 e. The van der Waals surface area contributed by atoms with Crippen LogP contribution in [0.25, 0.3) is 0 Å². The smallest absolute Gasteiger partial charge is 0.243 e. The molecule has 7 heteroatoms. The lowest BCUT2D eigenvalue weighted by atomic mass is 10.2. The number of aromatic nitrogens is 1. The number of nitrogens with two attached hydrogens (primary N) is 1. The summed E-state index contributed by atoms with van der Waals surface area (Å²) < 4.78 is 31.4. The summed E-state index contributed by atoms with van der Waals surface area (Å²) in [7, 11) is -2.01. The highest BCUT2D eigenvalue weighted by atomic mass is 32.2. The second-order valence-corrected chi connectivity index (χ2v) is 6.60. The van der Waals surface area contributed by atoms with E-state index in [1.54, 1.807) is 7.11 Å². The van der Waals surface area contributed by atoms with Crippen molar-refractivity contribution in [3.8, 4) is 0 Å². The SMILES string of the molecule is COCCN(CC(C)C)S(=O)(=O)c1ccnc(N)c1. The lowest BCUT2D eigenvalue weighted by molar-refractivity contribution is 0.175. The first-order valence-corrected chi connectivity index (χ1v) is 7.52. The van der Waals surface area contributed by atoms with E-state index >= 15 is 0 Å². The molecule has 1 aromatic heterocycles. The first-order chi connectivity index (χ1) is 8.87. The van der Waals surface area contributed by atoms with Crippen molar-refractivity contribution < 1.29 is 13.2 Å². The Bertz CT molecular complexity index is 503. The maximum absolute atomic E-state index is 12.5. The van der Waals surface area contributed by atoms with Gasteiger partial charge in [-0.05, 0) is 12.0 Å². The van der Waals surface area contributed by atoms with E-state index in [2.05, 4.69) is 4.98 Å². The largest absolute Gasteiger partial charge is 0.384 e. The molecule has 1 aromatic rings. The molecule has 0 saturated heterocycles. The Kier molecular flexibility index (Phi) is 5.71. The van der Waals surface area contributed by atoms with Gasteiger partial charge in [0, 0.05) is 32.5 Å². The van der Waals surface area contributed by atoms with E-state index in [9.17, 15) is 8.42 Å². The highest BCUT2D eigenvalue weighted by molar-refractivity contribution is 7.89. The van der Waals surface area contributed by atoms with Gasteiger partial charge in [0.1, 0.15) is 5.82 Å². The van der Waals surface area contributed by atoms with Gasteiger partial charge < -0.3 is 10.5 Å². The van der Waals surface area contributed by atoms with Crippen LogP contribution in [-0.4, -0.2) is 44.5 Å². The summed E-state index contributed by atoms with van der Waals surface area (Å²) in [5, 5.41) is 0. The summed E-state index contributed by atoms with van der Waals surface area (Å²) in [5.74, 6) is 0.420. The van der Waals surface area contributed by atoms with Crippen LogP contribution in [-0.2, 0) is 14.8 Å². The monoisotopic (exact) mass is 287 g/mol. The van der Waals surface area contributed by atoms with Gasteiger partial charge in [-0.1, -0.05) is 13.8 Å². The zero-order valence-electron chi connectivity index (χ0n) is 11.5. The molecule has 0 atom stereocenters. The van der Waals surface area contributed by atoms with Gasteiger partial charge in [-0.3, -0.25) is 0 Å². The van der Waals surface area contributed by atoms with Crippen molar-refractivity contribution in [2.24, 2.45) is 5.92 Å². The molecule has 1 heterocycles. The summed E-state index contributed by atoms with van der Waals surface area (Å²) in [6, 6.07) is 2.82. The van der Waals surface area contributed by atoms with Gasteiger partial charge >= 0.3 is 0 Å². The Labute approximate surface area is 114 Å². The highest BCUT2D eigenvalue weighted by Crippen LogP contribution is 2.17. The van der Waals surface area contributed by atoms with Crippen LogP contribution in [0.1, 0.15) is 13.8 Å². The fourth-order valence-electron chi connectivity index (χ4n) is 1.65. The Balaban J connectivity index is 3.04. The highest BCUT2D eigenvalue weighted by Gasteiger charge is 2.25. The van der Waals surface area contributed by atoms with Crippen molar-refractivity contribution in [3.05, 3.63) is 18.3 Å². The van der Waals surface area contributed by atoms with E-state index in [0.29, 0.717) is 19.7 Å². The van der Waals surface area contributed by atoms with Crippen LogP contribution >= 0.6 is 0 Å². The molecule has 108 valence electrons. The van der Waals surface area contributed by atoms with Gasteiger partial charge in [0.25, 0.3) is 0 Å². The third-order valence-electron chi connectivity index (χ3n) is 2.50. The molecule has 0 aliphatic heterocycles. The number of ether oxygens (including phenoxy) is 1. The first-order valence-electron chi connectivity index (χ1n) is 6.08. The van der Waals surface area contributed by atoms with Crippen molar-refractivity contribution in [2.45, 2.75) is 18.7 Å². The number of nitrogen functional groups attached to an aromatic ring is 1. The lowest BCUT2D eigenvalue weighted by Crippen LogP contribution is -2.36. The molecule has 1 rings (SSSR count). The van der Waals surface area contributed by atoms with Crippen LogP contribution in [0.5, 0.6) is 0 Å². The summed E-state index contributed by atoms with van der Waals surface area (Å²) in [6.45, 7) is 5.05. The zero-order valence-corrected chi connectivity index (χ0v) is 12.4. The molecule has 0 unspecified atom stereocenters. The number of pyridine rings is 1. The molecular weight excluding hydrogens is 266 g/mol. The third kappa shape index (κ3) is 4.45. The minimum atomic E-state index is -3.56. The minimum Gasteiger partial charge on any atom is -0.384 e. The molecule has 0 aliphatic carbocycles. The summed E-state index contributed by atoms with van der Waals surface area (Å²) >= 11 is 0. The second-order valence-electron chi connectivity index (χ2n) is 4.67. The molecule has 0 bridgehead atoms. The van der Waals surface area contributed by atoms with Crippen molar-refractivity contribution in [3.63, 3.8) is 0 Å². The van der Waals surface area contributed by atoms with Crippen LogP contribution in [0.3, 0.4) is 0 Å². The van der Waals surface area contributed by atoms with E-state index in [0.717, 1.165) is 0 Å². The van der Waals surface area contributed by atoms with E-state index in [1.165, 1.54) is 22.6 Å². The number of methoxy groups -OCH3 is 1. The minimum absolute atomic E-state index is 0.164. The fourth-order valence-corrected chi connectivity index (χ4v) is 3.26. The van der Waals surface area contributed by atoms with Gasteiger partial charge in [-0.25, -0.2) is 13.4 Å². The van der Waals surface area contributed by atoms with Gasteiger partial charge in [0.15, 0.2) is 0 Å². The molecule has 0 aromatic carbocycles. The number of nitrogens with zero attached hydrogens (tertiary/aromatic N) is 2. The molecule has 0 radical (unpaired) electrons. The van der Waals surface area contributed by atoms with Crippen molar-refractivity contribution in [1.29, 1.82) is 0 Å². The predicted octanol–water partition coefficient (Wildman–Crippen LogP) is 0.957. The average Bonchev–Trinajstić information content (AvgIpc) is 2.34. The number of rotatable bonds is 7. The normalized spacial score (nSPS) is 12.3. The standard InChI is InChI=1S/C12H21N3O3S/c1-10(2)9-15(6-7-18-3)19(16,17)11-4-5-14-12(13)8-11/h4-5,8,10H,6-7,9H2,1-3H3,(H2,13,14). The Morgan fingerprint density at radius 1 is 1.47 bits per heavy atom. The van der Waals surface area contributed by atoms with E-state index in [4.69, 9.17) is 10.5 Å². The molecule has 0 amide bonds. The summed E-state index contributed by atoms with van der Waals surface area (Å²) in [4.78, 5) is 3.97. The van der Waals surface area contributed by atoms with Crippen molar-refractivity contribution in [2.75, 3.05) is 32.5 Å². The summed E-state index contributed by atoms with van der Waals surface area (Å²) in [5.41, 5.74) is 5.54. The molecule has 0 aliphatic rings. The lowest BCUT2D eigenvalue weighted by Gasteiger charge is -2.23. The van der Waals surface area contributed by atoms with Crippen molar-refractivity contribution in [1.82, 2.24) is 9.29 Å². The van der Waals surface area contributed by atoms with Crippen LogP contribution < -0.4 is 5.73 Å². The molecule has 2 N–H and O–H groups in total. The van der Waals surface area contributed by atoms with E-state index in [1.807, 2.05) is 13.8 Å². The first kappa shape index (κ1) is 15.9. The van der Waals surface area contributed by atoms with Crippen LogP contribution in [0.2, 0.25) is 0 Å². The average molecular weight is 287 g/mol. The van der Waals surface area contributed by atoms with Gasteiger partial charge in [0.05, 0.1) is 11.5 Å². The molecular formula is C12H21N3O3S. The number of anilines is 1. The Morgan fingerprint density at radius 3 is 2.68 bits per heavy atom. The second kappa shape index (κ2) is 6.83. The van der Waals surface area contributed by atoms with E-state index < -0.39 is 10.0 Å². The fraction of sp³-hybridized carbons (Fsp3) is 0.583. The molecule has 0 spiro atoms. The topological polar surface area (TPSA) is 85.5 Å². The number of hydrogen-bond donors (Lipinski definition) is 1. The molecule has 19 heavy (non-hydrogen) atoms. The molecule has 6 nitrogen and oxygen atoms in total. The van der Waals surface area contributed by atoms with Crippen LogP contribution in [0.4, 0.5) is 5.82 Å². The summed E-state index contributed by atoms with van der Waals surface area (Å²) in [6.07, 6.45) is 1.39. The predicted molar refractivity (Wildman–Crippen MR) is 74.1 cm³/mol. The molecule has 0 saturated carbocycles. The molecule has 0 fully saturated rings. The third-order valence-corrected chi connectivity index (χ3v) is 4.37.